The van der Waals surface area contributed by atoms with Crippen LogP contribution in [0.2, 0.25) is 0 Å². The average molecular weight is 632 g/mol. The Hall–Kier alpha value is -5.37. The number of carbonyl (C=O) groups excluding carboxylic acids is 2. The van der Waals surface area contributed by atoms with Crippen molar-refractivity contribution < 1.29 is 23.8 Å². The largest absolute Gasteiger partial charge is 0.497 e. The van der Waals surface area contributed by atoms with Gasteiger partial charge in [-0.05, 0) is 71.8 Å². The summed E-state index contributed by atoms with van der Waals surface area (Å²) in [5, 5.41) is 7.68. The van der Waals surface area contributed by atoms with Crippen LogP contribution in [0.1, 0.15) is 56.5 Å². The lowest BCUT2D eigenvalue weighted by Gasteiger charge is -2.24. The van der Waals surface area contributed by atoms with E-state index in [1.165, 1.54) is 0 Å². The maximum absolute atomic E-state index is 13.5. The van der Waals surface area contributed by atoms with Gasteiger partial charge in [0.2, 0.25) is 0 Å². The van der Waals surface area contributed by atoms with Crippen LogP contribution in [0.3, 0.4) is 0 Å². The molecule has 0 aliphatic rings. The van der Waals surface area contributed by atoms with Gasteiger partial charge in [0.1, 0.15) is 28.8 Å². The van der Waals surface area contributed by atoms with E-state index in [-0.39, 0.29) is 11.2 Å². The Balaban J connectivity index is 1.38. The van der Waals surface area contributed by atoms with Gasteiger partial charge in [0.15, 0.2) is 0 Å². The van der Waals surface area contributed by atoms with Crippen LogP contribution < -0.4 is 24.8 Å². The van der Waals surface area contributed by atoms with Crippen LogP contribution in [0.25, 0.3) is 10.8 Å². The number of fused-ring (bicyclic) bond motifs is 1. The number of ether oxygens (including phenoxy) is 3. The highest BCUT2D eigenvalue weighted by molar-refractivity contribution is 6.08. The number of anilines is 2. The maximum atomic E-state index is 13.5. The number of aromatic nitrogens is 1. The molecule has 0 fully saturated rings. The molecule has 2 N–H and O–H groups in total. The predicted molar refractivity (Wildman–Crippen MR) is 187 cm³/mol. The third kappa shape index (κ3) is 8.27. The van der Waals surface area contributed by atoms with Gasteiger partial charge in [-0.3, -0.25) is 4.98 Å². The molecule has 0 aliphatic heterocycles. The standard InChI is InChI=1S/C39H41N3O5/c1-25(43)14-15-27-22-28(39(2,3)4)23-35(37(27)46-6)42-38(44)41-34-16-17-36(33-13-8-7-12-32(33)34)47-31-18-19-40-29(24-31)20-26-10-9-11-30(21-26)45-5/h7-13,16-19,21-24H,14-15,20H2,1-6H3,(H2,41,42,44). The van der Waals surface area contributed by atoms with Gasteiger partial charge in [-0.1, -0.05) is 63.2 Å². The molecule has 0 spiro atoms. The minimum absolute atomic E-state index is 0.0948. The van der Waals surface area contributed by atoms with Crippen molar-refractivity contribution in [3.63, 3.8) is 0 Å². The average Bonchev–Trinajstić information content (AvgIpc) is 3.04. The maximum Gasteiger partial charge on any atom is 0.323 e. The Labute approximate surface area is 276 Å². The molecular formula is C39H41N3O5. The third-order valence-electron chi connectivity index (χ3n) is 7.90. The zero-order chi connectivity index (χ0) is 33.6. The summed E-state index contributed by atoms with van der Waals surface area (Å²) in [5.41, 5.74) is 4.85. The number of methoxy groups -OCH3 is 2. The molecule has 1 heterocycles. The van der Waals surface area contributed by atoms with E-state index in [0.717, 1.165) is 38.9 Å². The van der Waals surface area contributed by atoms with Gasteiger partial charge in [0, 0.05) is 41.6 Å². The molecule has 0 unspecified atom stereocenters. The van der Waals surface area contributed by atoms with Gasteiger partial charge in [0.05, 0.1) is 25.6 Å². The zero-order valence-electron chi connectivity index (χ0n) is 27.8. The summed E-state index contributed by atoms with van der Waals surface area (Å²) in [5.74, 6) is 2.76. The van der Waals surface area contributed by atoms with Gasteiger partial charge in [-0.2, -0.15) is 0 Å². The number of nitrogens with zero attached hydrogens (tertiary/aromatic N) is 1. The van der Waals surface area contributed by atoms with Gasteiger partial charge < -0.3 is 29.6 Å². The number of benzene rings is 4. The summed E-state index contributed by atoms with van der Waals surface area (Å²) in [4.78, 5) is 29.8. The second-order valence-electron chi connectivity index (χ2n) is 12.5. The molecule has 1 aromatic heterocycles. The zero-order valence-corrected chi connectivity index (χ0v) is 27.8. The first-order valence-electron chi connectivity index (χ1n) is 15.6. The fourth-order valence-corrected chi connectivity index (χ4v) is 5.43. The molecule has 8 heteroatoms. The molecule has 0 aliphatic carbocycles. The molecule has 0 atom stereocenters. The van der Waals surface area contributed by atoms with E-state index in [0.29, 0.717) is 47.9 Å². The predicted octanol–water partition coefficient (Wildman–Crippen LogP) is 9.10. The Bertz CT molecular complexity index is 1910. The fourth-order valence-electron chi connectivity index (χ4n) is 5.43. The van der Waals surface area contributed by atoms with Crippen LogP contribution in [0.15, 0.2) is 91.1 Å². The van der Waals surface area contributed by atoms with Crippen molar-refractivity contribution in [1.82, 2.24) is 4.98 Å². The number of rotatable bonds is 11. The van der Waals surface area contributed by atoms with Crippen LogP contribution in [-0.4, -0.2) is 31.0 Å². The van der Waals surface area contributed by atoms with Crippen molar-refractivity contribution >= 4 is 34.0 Å². The Morgan fingerprint density at radius 1 is 0.787 bits per heavy atom. The van der Waals surface area contributed by atoms with Gasteiger partial charge in [0.25, 0.3) is 0 Å². The number of urea groups is 1. The molecule has 4 aromatic carbocycles. The quantitative estimate of drug-likeness (QED) is 0.151. The van der Waals surface area contributed by atoms with Gasteiger partial charge >= 0.3 is 6.03 Å². The molecule has 8 nitrogen and oxygen atoms in total. The number of nitrogens with one attached hydrogen (secondary N) is 2. The first-order valence-corrected chi connectivity index (χ1v) is 15.6. The number of Topliss-reactive ketones (excluding diaryl/α,β-unsaturated/α-hetero) is 1. The normalized spacial score (nSPS) is 11.2. The van der Waals surface area contributed by atoms with E-state index in [1.807, 2.05) is 78.9 Å². The number of amides is 2. The number of pyridine rings is 1. The Kier molecular flexibility index (Phi) is 10.1. The van der Waals surface area contributed by atoms with Gasteiger partial charge in [-0.25, -0.2) is 4.79 Å². The first kappa shape index (κ1) is 33.0. The molecule has 242 valence electrons. The molecular weight excluding hydrogens is 590 g/mol. The molecule has 47 heavy (non-hydrogen) atoms. The van der Waals surface area contributed by atoms with Crippen molar-refractivity contribution in [3.05, 3.63) is 114 Å². The highest BCUT2D eigenvalue weighted by Gasteiger charge is 2.21. The fraction of sp³-hybridized carbons (Fsp3) is 0.256. The summed E-state index contributed by atoms with van der Waals surface area (Å²) in [6, 6.07) is 26.7. The van der Waals surface area contributed by atoms with Crippen molar-refractivity contribution in [1.29, 1.82) is 0 Å². The monoisotopic (exact) mass is 631 g/mol. The Morgan fingerprint density at radius 3 is 2.28 bits per heavy atom. The van der Waals surface area contributed by atoms with Crippen molar-refractivity contribution in [2.45, 2.75) is 52.4 Å². The summed E-state index contributed by atoms with van der Waals surface area (Å²) in [6.45, 7) is 7.90. The number of carbonyl (C=O) groups is 2. The van der Waals surface area contributed by atoms with Gasteiger partial charge in [-0.15, -0.1) is 0 Å². The second kappa shape index (κ2) is 14.4. The van der Waals surface area contributed by atoms with E-state index < -0.39 is 6.03 Å². The molecule has 0 radical (unpaired) electrons. The second-order valence-corrected chi connectivity index (χ2v) is 12.5. The highest BCUT2D eigenvalue weighted by atomic mass is 16.5. The number of ketones is 1. The van der Waals surface area contributed by atoms with Crippen molar-refractivity contribution in [3.8, 4) is 23.0 Å². The van der Waals surface area contributed by atoms with Crippen molar-refractivity contribution in [2.75, 3.05) is 24.9 Å². The summed E-state index contributed by atoms with van der Waals surface area (Å²) < 4.78 is 17.5. The van der Waals surface area contributed by atoms with Crippen LogP contribution in [-0.2, 0) is 23.1 Å². The van der Waals surface area contributed by atoms with E-state index in [1.54, 1.807) is 27.3 Å². The van der Waals surface area contributed by atoms with E-state index in [4.69, 9.17) is 14.2 Å². The topological polar surface area (TPSA) is 98.8 Å². The van der Waals surface area contributed by atoms with Crippen LogP contribution in [0.5, 0.6) is 23.0 Å². The van der Waals surface area contributed by atoms with Crippen LogP contribution in [0.4, 0.5) is 16.2 Å². The lowest BCUT2D eigenvalue weighted by Crippen LogP contribution is -2.21. The molecule has 2 amide bonds. The lowest BCUT2D eigenvalue weighted by atomic mass is 9.85. The van der Waals surface area contributed by atoms with E-state index in [2.05, 4.69) is 42.5 Å². The molecule has 0 saturated carbocycles. The summed E-state index contributed by atoms with van der Waals surface area (Å²) in [7, 11) is 3.23. The smallest absolute Gasteiger partial charge is 0.323 e. The molecule has 5 aromatic rings. The first-order chi connectivity index (χ1) is 22.5. The highest BCUT2D eigenvalue weighted by Crippen LogP contribution is 2.37. The summed E-state index contributed by atoms with van der Waals surface area (Å²) in [6.07, 6.45) is 3.28. The van der Waals surface area contributed by atoms with E-state index >= 15 is 0 Å². The molecule has 0 saturated heterocycles. The third-order valence-corrected chi connectivity index (χ3v) is 7.90. The molecule has 5 rings (SSSR count). The number of aryl methyl sites for hydroxylation is 1. The summed E-state index contributed by atoms with van der Waals surface area (Å²) >= 11 is 0. The lowest BCUT2D eigenvalue weighted by molar-refractivity contribution is -0.116. The van der Waals surface area contributed by atoms with E-state index in [9.17, 15) is 9.59 Å². The van der Waals surface area contributed by atoms with Crippen molar-refractivity contribution in [2.24, 2.45) is 0 Å². The number of hydrogen-bond acceptors (Lipinski definition) is 6. The van der Waals surface area contributed by atoms with Crippen LogP contribution in [0, 0.1) is 0 Å². The Morgan fingerprint density at radius 2 is 1.55 bits per heavy atom. The SMILES string of the molecule is COc1cccc(Cc2cc(Oc3ccc(NC(=O)Nc4cc(C(C)(C)C)cc(CCC(C)=O)c4OC)c4ccccc34)ccn2)c1. The minimum atomic E-state index is -0.415. The van der Waals surface area contributed by atoms with Crippen LogP contribution >= 0.6 is 0 Å². The number of hydrogen-bond donors (Lipinski definition) is 2. The molecule has 0 bridgehead atoms. The minimum Gasteiger partial charge on any atom is -0.497 e.